The van der Waals surface area contributed by atoms with Crippen molar-refractivity contribution in [2.24, 2.45) is 0 Å². The largest absolute Gasteiger partial charge is 0.495 e. The summed E-state index contributed by atoms with van der Waals surface area (Å²) in [5.41, 5.74) is 4.85. The number of nitrogen functional groups attached to an aromatic ring is 1. The SMILES string of the molecule is COc1cc(S(=O)(=O)NCC(C)(C)O)ccc1N. The maximum absolute atomic E-state index is 11.9. The van der Waals surface area contributed by atoms with Gasteiger partial charge in [0, 0.05) is 12.6 Å². The Balaban J connectivity index is 2.99. The van der Waals surface area contributed by atoms with E-state index in [4.69, 9.17) is 10.5 Å². The van der Waals surface area contributed by atoms with Crippen molar-refractivity contribution in [2.75, 3.05) is 19.4 Å². The average molecular weight is 274 g/mol. The fourth-order valence-corrected chi connectivity index (χ4v) is 2.43. The number of aliphatic hydroxyl groups is 1. The maximum Gasteiger partial charge on any atom is 0.240 e. The predicted molar refractivity (Wildman–Crippen MR) is 68.9 cm³/mol. The van der Waals surface area contributed by atoms with Gasteiger partial charge in [0.25, 0.3) is 0 Å². The monoisotopic (exact) mass is 274 g/mol. The molecule has 7 heteroatoms. The molecule has 0 aromatic heterocycles. The lowest BCUT2D eigenvalue weighted by Gasteiger charge is -2.18. The fourth-order valence-electron chi connectivity index (χ4n) is 1.21. The van der Waals surface area contributed by atoms with Crippen LogP contribution in [0.2, 0.25) is 0 Å². The molecule has 1 rings (SSSR count). The van der Waals surface area contributed by atoms with Crippen molar-refractivity contribution in [2.45, 2.75) is 24.3 Å². The highest BCUT2D eigenvalue weighted by molar-refractivity contribution is 7.89. The standard InChI is InChI=1S/C11H18N2O4S/c1-11(2,14)7-13-18(15,16)8-4-5-9(12)10(6-8)17-3/h4-6,13-14H,7,12H2,1-3H3. The third-order valence-corrected chi connectivity index (χ3v) is 3.61. The van der Waals surface area contributed by atoms with Gasteiger partial charge in [-0.05, 0) is 26.0 Å². The van der Waals surface area contributed by atoms with Crippen LogP contribution in [-0.4, -0.2) is 32.8 Å². The van der Waals surface area contributed by atoms with Crippen LogP contribution in [0.1, 0.15) is 13.8 Å². The minimum atomic E-state index is -3.69. The Morgan fingerprint density at radius 2 is 2.06 bits per heavy atom. The number of hydrogen-bond acceptors (Lipinski definition) is 5. The van der Waals surface area contributed by atoms with E-state index in [-0.39, 0.29) is 11.4 Å². The Bertz CT molecular complexity index is 520. The van der Waals surface area contributed by atoms with E-state index in [2.05, 4.69) is 4.72 Å². The van der Waals surface area contributed by atoms with Crippen LogP contribution in [0.25, 0.3) is 0 Å². The summed E-state index contributed by atoms with van der Waals surface area (Å²) < 4.78 is 31.2. The first kappa shape index (κ1) is 14.7. The van der Waals surface area contributed by atoms with E-state index in [1.54, 1.807) is 0 Å². The Kier molecular flexibility index (Phi) is 4.20. The van der Waals surface area contributed by atoms with Gasteiger partial charge in [-0.3, -0.25) is 0 Å². The third kappa shape index (κ3) is 3.86. The molecule has 0 heterocycles. The quantitative estimate of drug-likeness (QED) is 0.671. The minimum Gasteiger partial charge on any atom is -0.495 e. The Morgan fingerprint density at radius 3 is 2.56 bits per heavy atom. The molecular weight excluding hydrogens is 256 g/mol. The van der Waals surface area contributed by atoms with Gasteiger partial charge in [-0.1, -0.05) is 0 Å². The Labute approximate surface area is 107 Å². The molecule has 102 valence electrons. The van der Waals surface area contributed by atoms with E-state index in [0.717, 1.165) is 0 Å². The highest BCUT2D eigenvalue weighted by atomic mass is 32.2. The average Bonchev–Trinajstić information content (AvgIpc) is 2.26. The first-order chi connectivity index (χ1) is 8.15. The summed E-state index contributed by atoms with van der Waals surface area (Å²) in [7, 11) is -2.28. The zero-order valence-corrected chi connectivity index (χ0v) is 11.4. The number of rotatable bonds is 5. The number of hydrogen-bond donors (Lipinski definition) is 3. The summed E-state index contributed by atoms with van der Waals surface area (Å²) in [6, 6.07) is 4.17. The first-order valence-corrected chi connectivity index (χ1v) is 6.79. The molecule has 4 N–H and O–H groups in total. The number of sulfonamides is 1. The Morgan fingerprint density at radius 1 is 1.44 bits per heavy atom. The van der Waals surface area contributed by atoms with Crippen LogP contribution in [0.3, 0.4) is 0 Å². The molecule has 0 aliphatic heterocycles. The highest BCUT2D eigenvalue weighted by Gasteiger charge is 2.20. The van der Waals surface area contributed by atoms with E-state index >= 15 is 0 Å². The van der Waals surface area contributed by atoms with Crippen LogP contribution in [0.5, 0.6) is 5.75 Å². The zero-order chi connectivity index (χ0) is 14.0. The van der Waals surface area contributed by atoms with Crippen molar-refractivity contribution in [3.63, 3.8) is 0 Å². The number of nitrogens with one attached hydrogen (secondary N) is 1. The lowest BCUT2D eigenvalue weighted by atomic mass is 10.1. The van der Waals surface area contributed by atoms with Crippen LogP contribution >= 0.6 is 0 Å². The van der Waals surface area contributed by atoms with Crippen molar-refractivity contribution >= 4 is 15.7 Å². The number of ether oxygens (including phenoxy) is 1. The topological polar surface area (TPSA) is 102 Å². The molecule has 0 bridgehead atoms. The second-order valence-corrected chi connectivity index (χ2v) is 6.31. The molecular formula is C11H18N2O4S. The molecule has 6 nitrogen and oxygen atoms in total. The lowest BCUT2D eigenvalue weighted by Crippen LogP contribution is -2.38. The van der Waals surface area contributed by atoms with E-state index in [0.29, 0.717) is 11.4 Å². The van der Waals surface area contributed by atoms with Crippen molar-refractivity contribution in [3.05, 3.63) is 18.2 Å². The molecule has 18 heavy (non-hydrogen) atoms. The second-order valence-electron chi connectivity index (χ2n) is 4.54. The highest BCUT2D eigenvalue weighted by Crippen LogP contribution is 2.24. The van der Waals surface area contributed by atoms with Crippen LogP contribution < -0.4 is 15.2 Å². The molecule has 0 saturated carbocycles. The maximum atomic E-state index is 11.9. The smallest absolute Gasteiger partial charge is 0.240 e. The molecule has 0 aliphatic carbocycles. The lowest BCUT2D eigenvalue weighted by molar-refractivity contribution is 0.0857. The normalized spacial score (nSPS) is 12.4. The molecule has 0 aliphatic rings. The van der Waals surface area contributed by atoms with Crippen molar-refractivity contribution in [1.29, 1.82) is 0 Å². The molecule has 0 radical (unpaired) electrons. The van der Waals surface area contributed by atoms with Gasteiger partial charge >= 0.3 is 0 Å². The van der Waals surface area contributed by atoms with Crippen molar-refractivity contribution in [1.82, 2.24) is 4.72 Å². The number of benzene rings is 1. The van der Waals surface area contributed by atoms with Gasteiger partial charge in [0.15, 0.2) is 0 Å². The van der Waals surface area contributed by atoms with Gasteiger partial charge in [0.05, 0.1) is 23.3 Å². The number of methoxy groups -OCH3 is 1. The number of anilines is 1. The summed E-state index contributed by atoms with van der Waals surface area (Å²) in [6.45, 7) is 2.94. The van der Waals surface area contributed by atoms with Gasteiger partial charge < -0.3 is 15.6 Å². The molecule has 1 aromatic rings. The van der Waals surface area contributed by atoms with Crippen molar-refractivity contribution in [3.8, 4) is 5.75 Å². The second kappa shape index (κ2) is 5.13. The van der Waals surface area contributed by atoms with Crippen LogP contribution in [-0.2, 0) is 10.0 Å². The van der Waals surface area contributed by atoms with Gasteiger partial charge in [-0.15, -0.1) is 0 Å². The summed E-state index contributed by atoms with van der Waals surface area (Å²) in [5.74, 6) is 0.293. The molecule has 0 unspecified atom stereocenters. The summed E-state index contributed by atoms with van der Waals surface area (Å²) in [5, 5.41) is 9.50. The molecule has 0 fully saturated rings. The van der Waals surface area contributed by atoms with Crippen molar-refractivity contribution < 1.29 is 18.3 Å². The van der Waals surface area contributed by atoms with Gasteiger partial charge in [-0.2, -0.15) is 0 Å². The van der Waals surface area contributed by atoms with E-state index in [1.807, 2.05) is 0 Å². The number of nitrogens with two attached hydrogens (primary N) is 1. The molecule has 0 atom stereocenters. The summed E-state index contributed by atoms with van der Waals surface area (Å²) >= 11 is 0. The van der Waals surface area contributed by atoms with Crippen LogP contribution in [0.15, 0.2) is 23.1 Å². The Hall–Kier alpha value is -1.31. The third-order valence-electron chi connectivity index (χ3n) is 2.21. The fraction of sp³-hybridized carbons (Fsp3) is 0.455. The molecule has 1 aromatic carbocycles. The first-order valence-electron chi connectivity index (χ1n) is 5.31. The summed E-state index contributed by atoms with van der Waals surface area (Å²) in [6.07, 6.45) is 0. The molecule has 0 spiro atoms. The predicted octanol–water partition coefficient (Wildman–Crippen LogP) is 0.327. The zero-order valence-electron chi connectivity index (χ0n) is 10.6. The van der Waals surface area contributed by atoms with Gasteiger partial charge in [0.1, 0.15) is 5.75 Å². The molecule has 0 saturated heterocycles. The van der Waals surface area contributed by atoms with Crippen LogP contribution in [0.4, 0.5) is 5.69 Å². The van der Waals surface area contributed by atoms with Gasteiger partial charge in [0.2, 0.25) is 10.0 Å². The minimum absolute atomic E-state index is 0.0396. The van der Waals surface area contributed by atoms with Gasteiger partial charge in [-0.25, -0.2) is 13.1 Å². The van der Waals surface area contributed by atoms with Crippen LogP contribution in [0, 0.1) is 0 Å². The molecule has 0 amide bonds. The summed E-state index contributed by atoms with van der Waals surface area (Å²) in [4.78, 5) is 0.0396. The van der Waals surface area contributed by atoms with E-state index < -0.39 is 15.6 Å². The van der Waals surface area contributed by atoms with E-state index in [1.165, 1.54) is 39.2 Å². The van der Waals surface area contributed by atoms with E-state index in [9.17, 15) is 13.5 Å².